The molecule has 0 spiro atoms. The standard InChI is InChI=1S/C13H21F3N4O2S/c1-10-4-2-3-5-12(10,8-17)19-23(21,22)11-6-18-20(7-11)9-13(14,15)16/h6-7,10,19H,2-5,8-9,17H2,1H3. The minimum absolute atomic E-state index is 0.0567. The Hall–Kier alpha value is -1.13. The molecule has 0 bridgehead atoms. The van der Waals surface area contributed by atoms with Gasteiger partial charge in [0, 0.05) is 18.3 Å². The molecule has 1 aromatic rings. The lowest BCUT2D eigenvalue weighted by Gasteiger charge is -2.42. The van der Waals surface area contributed by atoms with E-state index in [0.717, 1.165) is 31.7 Å². The van der Waals surface area contributed by atoms with Crippen LogP contribution in [0.3, 0.4) is 0 Å². The number of hydrogen-bond donors (Lipinski definition) is 2. The Kier molecular flexibility index (Phi) is 5.07. The summed E-state index contributed by atoms with van der Waals surface area (Å²) in [5.74, 6) is 0.0567. The third-order valence-corrected chi connectivity index (χ3v) is 5.92. The molecular weight excluding hydrogens is 333 g/mol. The van der Waals surface area contributed by atoms with Crippen LogP contribution in [-0.4, -0.2) is 36.5 Å². The van der Waals surface area contributed by atoms with Gasteiger partial charge in [0.25, 0.3) is 0 Å². The van der Waals surface area contributed by atoms with Crippen molar-refractivity contribution in [1.82, 2.24) is 14.5 Å². The van der Waals surface area contributed by atoms with E-state index in [1.54, 1.807) is 0 Å². The van der Waals surface area contributed by atoms with Crippen molar-refractivity contribution in [2.75, 3.05) is 6.54 Å². The van der Waals surface area contributed by atoms with Crippen LogP contribution in [-0.2, 0) is 16.6 Å². The number of halogens is 3. The quantitative estimate of drug-likeness (QED) is 0.841. The first-order valence-corrected chi connectivity index (χ1v) is 8.89. The van der Waals surface area contributed by atoms with E-state index in [0.29, 0.717) is 11.1 Å². The molecular formula is C13H21F3N4O2S. The SMILES string of the molecule is CC1CCCCC1(CN)NS(=O)(=O)c1cnn(CC(F)(F)F)c1. The molecule has 0 aliphatic heterocycles. The second-order valence-corrected chi connectivity index (χ2v) is 7.78. The number of sulfonamides is 1. The number of aromatic nitrogens is 2. The molecule has 1 heterocycles. The summed E-state index contributed by atoms with van der Waals surface area (Å²) in [5.41, 5.74) is 5.05. The predicted molar refractivity (Wildman–Crippen MR) is 78.0 cm³/mol. The molecule has 1 aliphatic carbocycles. The van der Waals surface area contributed by atoms with Crippen molar-refractivity contribution in [3.8, 4) is 0 Å². The zero-order valence-electron chi connectivity index (χ0n) is 12.8. The first kappa shape index (κ1) is 18.2. The monoisotopic (exact) mass is 354 g/mol. The Balaban J connectivity index is 2.21. The van der Waals surface area contributed by atoms with Crippen LogP contribution in [0.25, 0.3) is 0 Å². The number of nitrogens with two attached hydrogens (primary N) is 1. The van der Waals surface area contributed by atoms with Crippen LogP contribution in [0.5, 0.6) is 0 Å². The summed E-state index contributed by atoms with van der Waals surface area (Å²) in [5, 5.41) is 3.47. The molecule has 1 fully saturated rings. The van der Waals surface area contributed by atoms with Gasteiger partial charge in [-0.1, -0.05) is 19.8 Å². The summed E-state index contributed by atoms with van der Waals surface area (Å²) < 4.78 is 65.2. The average Bonchev–Trinajstić information content (AvgIpc) is 2.88. The minimum Gasteiger partial charge on any atom is -0.329 e. The van der Waals surface area contributed by atoms with Gasteiger partial charge >= 0.3 is 6.18 Å². The Bertz CT molecular complexity index is 644. The molecule has 0 aromatic carbocycles. The Labute approximate surface area is 133 Å². The summed E-state index contributed by atoms with van der Waals surface area (Å²) in [6.07, 6.45) is 0.676. The number of rotatable bonds is 5. The highest BCUT2D eigenvalue weighted by Crippen LogP contribution is 2.34. The lowest BCUT2D eigenvalue weighted by molar-refractivity contribution is -0.142. The zero-order valence-corrected chi connectivity index (χ0v) is 13.6. The molecule has 0 saturated heterocycles. The van der Waals surface area contributed by atoms with Crippen molar-refractivity contribution in [1.29, 1.82) is 0 Å². The van der Waals surface area contributed by atoms with Gasteiger partial charge in [-0.2, -0.15) is 18.3 Å². The summed E-state index contributed by atoms with van der Waals surface area (Å²) >= 11 is 0. The summed E-state index contributed by atoms with van der Waals surface area (Å²) in [4.78, 5) is -0.285. The molecule has 1 saturated carbocycles. The first-order chi connectivity index (χ1) is 10.6. The fraction of sp³-hybridized carbons (Fsp3) is 0.769. The highest BCUT2D eigenvalue weighted by Gasteiger charge is 2.41. The van der Waals surface area contributed by atoms with Gasteiger partial charge < -0.3 is 5.73 Å². The average molecular weight is 354 g/mol. The molecule has 3 N–H and O–H groups in total. The number of nitrogens with zero attached hydrogens (tertiary/aromatic N) is 2. The first-order valence-electron chi connectivity index (χ1n) is 7.41. The van der Waals surface area contributed by atoms with E-state index >= 15 is 0 Å². The molecule has 132 valence electrons. The molecule has 1 aromatic heterocycles. The third-order valence-electron chi connectivity index (χ3n) is 4.42. The molecule has 10 heteroatoms. The van der Waals surface area contributed by atoms with Crippen LogP contribution in [0.1, 0.15) is 32.6 Å². The predicted octanol–water partition coefficient (Wildman–Crippen LogP) is 1.63. The summed E-state index contributed by atoms with van der Waals surface area (Å²) in [7, 11) is -3.98. The molecule has 2 atom stereocenters. The van der Waals surface area contributed by atoms with E-state index in [-0.39, 0.29) is 17.4 Å². The molecule has 23 heavy (non-hydrogen) atoms. The second-order valence-electron chi connectivity index (χ2n) is 6.10. The highest BCUT2D eigenvalue weighted by atomic mass is 32.2. The summed E-state index contributed by atoms with van der Waals surface area (Å²) in [6, 6.07) is 0. The van der Waals surface area contributed by atoms with Crippen molar-refractivity contribution >= 4 is 10.0 Å². The van der Waals surface area contributed by atoms with Gasteiger partial charge in [-0.3, -0.25) is 4.68 Å². The van der Waals surface area contributed by atoms with Gasteiger partial charge in [-0.15, -0.1) is 0 Å². The molecule has 1 aliphatic rings. The lowest BCUT2D eigenvalue weighted by atomic mass is 9.74. The molecule has 6 nitrogen and oxygen atoms in total. The number of nitrogens with one attached hydrogen (secondary N) is 1. The Morgan fingerprint density at radius 3 is 2.74 bits per heavy atom. The fourth-order valence-electron chi connectivity index (χ4n) is 2.99. The number of hydrogen-bond acceptors (Lipinski definition) is 4. The lowest BCUT2D eigenvalue weighted by Crippen LogP contribution is -2.58. The van der Waals surface area contributed by atoms with Crippen molar-refractivity contribution in [2.24, 2.45) is 11.7 Å². The van der Waals surface area contributed by atoms with Gasteiger partial charge in [-0.25, -0.2) is 13.1 Å². The summed E-state index contributed by atoms with van der Waals surface area (Å²) in [6.45, 7) is 0.743. The van der Waals surface area contributed by atoms with E-state index in [4.69, 9.17) is 5.73 Å². The normalized spacial score (nSPS) is 26.4. The minimum atomic E-state index is -4.46. The topological polar surface area (TPSA) is 90.0 Å². The van der Waals surface area contributed by atoms with Crippen LogP contribution in [0.4, 0.5) is 13.2 Å². The molecule has 0 amide bonds. The van der Waals surface area contributed by atoms with Gasteiger partial charge in [-0.05, 0) is 18.8 Å². The van der Waals surface area contributed by atoms with Crippen LogP contribution in [0, 0.1) is 5.92 Å². The maximum absolute atomic E-state index is 12.5. The van der Waals surface area contributed by atoms with Crippen LogP contribution in [0.2, 0.25) is 0 Å². The maximum atomic E-state index is 12.5. The fourth-order valence-corrected chi connectivity index (χ4v) is 4.48. The smallest absolute Gasteiger partial charge is 0.329 e. The van der Waals surface area contributed by atoms with Gasteiger partial charge in [0.2, 0.25) is 10.0 Å². The third kappa shape index (κ3) is 4.24. The van der Waals surface area contributed by atoms with Crippen LogP contribution < -0.4 is 10.5 Å². The van der Waals surface area contributed by atoms with Crippen LogP contribution >= 0.6 is 0 Å². The van der Waals surface area contributed by atoms with E-state index < -0.39 is 28.3 Å². The largest absolute Gasteiger partial charge is 0.408 e. The van der Waals surface area contributed by atoms with Crippen molar-refractivity contribution in [3.63, 3.8) is 0 Å². The van der Waals surface area contributed by atoms with E-state index in [1.807, 2.05) is 6.92 Å². The van der Waals surface area contributed by atoms with Crippen molar-refractivity contribution in [2.45, 2.75) is 55.8 Å². The van der Waals surface area contributed by atoms with Crippen LogP contribution in [0.15, 0.2) is 17.3 Å². The van der Waals surface area contributed by atoms with Gasteiger partial charge in [0.05, 0.1) is 6.20 Å². The second kappa shape index (κ2) is 6.40. The molecule has 2 unspecified atom stereocenters. The van der Waals surface area contributed by atoms with Crippen molar-refractivity contribution in [3.05, 3.63) is 12.4 Å². The van der Waals surface area contributed by atoms with E-state index in [1.165, 1.54) is 0 Å². The maximum Gasteiger partial charge on any atom is 0.408 e. The molecule has 0 radical (unpaired) electrons. The number of alkyl halides is 3. The van der Waals surface area contributed by atoms with Crippen molar-refractivity contribution < 1.29 is 21.6 Å². The Morgan fingerprint density at radius 2 is 2.17 bits per heavy atom. The van der Waals surface area contributed by atoms with E-state index in [9.17, 15) is 21.6 Å². The van der Waals surface area contributed by atoms with Gasteiger partial charge in [0.1, 0.15) is 11.4 Å². The van der Waals surface area contributed by atoms with Gasteiger partial charge in [0.15, 0.2) is 0 Å². The van der Waals surface area contributed by atoms with E-state index in [2.05, 4.69) is 9.82 Å². The highest BCUT2D eigenvalue weighted by molar-refractivity contribution is 7.89. The molecule has 2 rings (SSSR count). The Morgan fingerprint density at radius 1 is 1.48 bits per heavy atom. The zero-order chi connectivity index (χ0) is 17.3.